The number of nitrogens with zero attached hydrogens (tertiary/aromatic N) is 1. The van der Waals surface area contributed by atoms with Crippen molar-refractivity contribution >= 4 is 5.91 Å². The number of amides is 1. The molecule has 0 unspecified atom stereocenters. The Labute approximate surface area is 118 Å². The normalized spacial score (nSPS) is 16.4. The number of methoxy groups -OCH3 is 1. The van der Waals surface area contributed by atoms with Crippen LogP contribution >= 0.6 is 0 Å². The van der Waals surface area contributed by atoms with Gasteiger partial charge in [-0.1, -0.05) is 6.07 Å². The van der Waals surface area contributed by atoms with Crippen molar-refractivity contribution in [3.05, 3.63) is 29.6 Å². The Balaban J connectivity index is 2.10. The highest BCUT2D eigenvalue weighted by Crippen LogP contribution is 2.31. The van der Waals surface area contributed by atoms with Gasteiger partial charge in [-0.05, 0) is 43.9 Å². The second kappa shape index (κ2) is 5.79. The van der Waals surface area contributed by atoms with Crippen LogP contribution in [0.25, 0.3) is 0 Å². The summed E-state index contributed by atoms with van der Waals surface area (Å²) in [6.07, 6.45) is 2.47. The van der Waals surface area contributed by atoms with Gasteiger partial charge in [0.1, 0.15) is 0 Å². The molecule has 1 aromatic rings. The highest BCUT2D eigenvalue weighted by Gasteiger charge is 2.42. The van der Waals surface area contributed by atoms with E-state index in [0.717, 1.165) is 24.8 Å². The first kappa shape index (κ1) is 14.8. The van der Waals surface area contributed by atoms with Gasteiger partial charge in [0.15, 0.2) is 11.6 Å². The van der Waals surface area contributed by atoms with Gasteiger partial charge in [-0.25, -0.2) is 4.39 Å². The van der Waals surface area contributed by atoms with Gasteiger partial charge >= 0.3 is 0 Å². The average molecular weight is 280 g/mol. The number of halogens is 1. The predicted octanol–water partition coefficient (Wildman–Crippen LogP) is 2.06. The van der Waals surface area contributed by atoms with Crippen LogP contribution in [0.3, 0.4) is 0 Å². The van der Waals surface area contributed by atoms with Crippen molar-refractivity contribution in [2.45, 2.75) is 38.3 Å². The fourth-order valence-electron chi connectivity index (χ4n) is 2.44. The van der Waals surface area contributed by atoms with Crippen LogP contribution < -0.4 is 10.5 Å². The zero-order valence-electron chi connectivity index (χ0n) is 12.0. The van der Waals surface area contributed by atoms with Crippen LogP contribution in [0, 0.1) is 5.82 Å². The Morgan fingerprint density at radius 2 is 2.20 bits per heavy atom. The van der Waals surface area contributed by atoms with E-state index < -0.39 is 11.4 Å². The average Bonchev–Trinajstić information content (AvgIpc) is 2.41. The minimum atomic E-state index is -0.707. The molecule has 0 aliphatic heterocycles. The Hall–Kier alpha value is -1.62. The van der Waals surface area contributed by atoms with Crippen molar-refractivity contribution in [3.63, 3.8) is 0 Å². The summed E-state index contributed by atoms with van der Waals surface area (Å²) in [5, 5.41) is 0. The summed E-state index contributed by atoms with van der Waals surface area (Å²) in [5.74, 6) is -0.250. The minimum Gasteiger partial charge on any atom is -0.494 e. The molecule has 0 radical (unpaired) electrons. The van der Waals surface area contributed by atoms with Crippen LogP contribution in [-0.2, 0) is 11.3 Å². The topological polar surface area (TPSA) is 55.6 Å². The maximum atomic E-state index is 13.7. The third kappa shape index (κ3) is 2.77. The number of hydrogen-bond acceptors (Lipinski definition) is 3. The zero-order valence-corrected chi connectivity index (χ0v) is 12.0. The van der Waals surface area contributed by atoms with Crippen LogP contribution in [0.4, 0.5) is 4.39 Å². The van der Waals surface area contributed by atoms with Crippen molar-refractivity contribution in [1.29, 1.82) is 0 Å². The van der Waals surface area contributed by atoms with Gasteiger partial charge in [0.2, 0.25) is 5.91 Å². The molecule has 4 nitrogen and oxygen atoms in total. The molecule has 1 saturated carbocycles. The van der Waals surface area contributed by atoms with E-state index in [1.807, 2.05) is 6.92 Å². The number of likely N-dealkylation sites (N-methyl/N-ethyl adjacent to an activating group) is 1. The molecule has 1 aromatic carbocycles. The molecule has 0 bridgehead atoms. The first-order chi connectivity index (χ1) is 9.50. The summed E-state index contributed by atoms with van der Waals surface area (Å²) in [4.78, 5) is 14.1. The van der Waals surface area contributed by atoms with Gasteiger partial charge in [-0.2, -0.15) is 0 Å². The van der Waals surface area contributed by atoms with E-state index in [2.05, 4.69) is 0 Å². The number of ether oxygens (including phenoxy) is 1. The molecule has 0 heterocycles. The van der Waals surface area contributed by atoms with Gasteiger partial charge in [0.05, 0.1) is 12.6 Å². The quantitative estimate of drug-likeness (QED) is 0.898. The first-order valence-corrected chi connectivity index (χ1v) is 6.91. The molecule has 0 saturated heterocycles. The van der Waals surface area contributed by atoms with Gasteiger partial charge in [0, 0.05) is 13.1 Å². The van der Waals surface area contributed by atoms with Crippen molar-refractivity contribution in [1.82, 2.24) is 4.90 Å². The fraction of sp³-hybridized carbons (Fsp3) is 0.533. The lowest BCUT2D eigenvalue weighted by Crippen LogP contribution is -2.59. The number of carbonyl (C=O) groups is 1. The standard InChI is InChI=1S/C15H21FN2O2/c1-3-18(14(19)15(17)7-4-8-15)10-11-5-6-13(20-2)12(16)9-11/h5-6,9H,3-4,7-8,10,17H2,1-2H3. The summed E-state index contributed by atoms with van der Waals surface area (Å²) in [7, 11) is 1.43. The van der Waals surface area contributed by atoms with Crippen LogP contribution in [0.2, 0.25) is 0 Å². The van der Waals surface area contributed by atoms with E-state index in [1.54, 1.807) is 17.0 Å². The molecule has 0 atom stereocenters. The third-order valence-corrected chi connectivity index (χ3v) is 3.93. The third-order valence-electron chi connectivity index (χ3n) is 3.93. The highest BCUT2D eigenvalue weighted by molar-refractivity contribution is 5.87. The van der Waals surface area contributed by atoms with E-state index in [0.29, 0.717) is 13.1 Å². The molecule has 1 aliphatic carbocycles. The van der Waals surface area contributed by atoms with E-state index in [-0.39, 0.29) is 11.7 Å². The summed E-state index contributed by atoms with van der Waals surface area (Å²) < 4.78 is 18.5. The Morgan fingerprint density at radius 1 is 1.50 bits per heavy atom. The van der Waals surface area contributed by atoms with E-state index >= 15 is 0 Å². The SMILES string of the molecule is CCN(Cc1ccc(OC)c(F)c1)C(=O)C1(N)CCC1. The van der Waals surface area contributed by atoms with Crippen LogP contribution in [-0.4, -0.2) is 30.0 Å². The molecule has 1 fully saturated rings. The molecule has 0 spiro atoms. The Kier molecular flexibility index (Phi) is 4.28. The largest absolute Gasteiger partial charge is 0.494 e. The van der Waals surface area contributed by atoms with Crippen molar-refractivity contribution < 1.29 is 13.9 Å². The van der Waals surface area contributed by atoms with Crippen molar-refractivity contribution in [2.75, 3.05) is 13.7 Å². The maximum absolute atomic E-state index is 13.7. The van der Waals surface area contributed by atoms with Gasteiger partial charge < -0.3 is 15.4 Å². The van der Waals surface area contributed by atoms with Crippen LogP contribution in [0.1, 0.15) is 31.7 Å². The van der Waals surface area contributed by atoms with Gasteiger partial charge in [-0.3, -0.25) is 4.79 Å². The van der Waals surface area contributed by atoms with E-state index in [4.69, 9.17) is 10.5 Å². The number of hydrogen-bond donors (Lipinski definition) is 1. The van der Waals surface area contributed by atoms with Crippen molar-refractivity contribution in [2.24, 2.45) is 5.73 Å². The second-order valence-corrected chi connectivity index (χ2v) is 5.30. The summed E-state index contributed by atoms with van der Waals surface area (Å²) in [6, 6.07) is 4.74. The molecule has 1 amide bonds. The molecule has 2 rings (SSSR count). The minimum absolute atomic E-state index is 0.0394. The Morgan fingerprint density at radius 3 is 2.65 bits per heavy atom. The smallest absolute Gasteiger partial charge is 0.242 e. The fourth-order valence-corrected chi connectivity index (χ4v) is 2.44. The molecule has 110 valence electrons. The number of nitrogens with two attached hydrogens (primary N) is 1. The second-order valence-electron chi connectivity index (χ2n) is 5.30. The maximum Gasteiger partial charge on any atom is 0.242 e. The molecular formula is C15H21FN2O2. The lowest BCUT2D eigenvalue weighted by molar-refractivity contribution is -0.140. The molecular weight excluding hydrogens is 259 g/mol. The number of rotatable bonds is 5. The summed E-state index contributed by atoms with van der Waals surface area (Å²) in [6.45, 7) is 2.83. The lowest BCUT2D eigenvalue weighted by Gasteiger charge is -2.40. The highest BCUT2D eigenvalue weighted by atomic mass is 19.1. The number of benzene rings is 1. The summed E-state index contributed by atoms with van der Waals surface area (Å²) in [5.41, 5.74) is 6.10. The first-order valence-electron chi connectivity index (χ1n) is 6.91. The summed E-state index contributed by atoms with van der Waals surface area (Å²) >= 11 is 0. The number of carbonyl (C=O) groups excluding carboxylic acids is 1. The van der Waals surface area contributed by atoms with E-state index in [1.165, 1.54) is 13.2 Å². The van der Waals surface area contributed by atoms with Crippen molar-refractivity contribution in [3.8, 4) is 5.75 Å². The molecule has 5 heteroatoms. The molecule has 2 N–H and O–H groups in total. The lowest BCUT2D eigenvalue weighted by atomic mass is 9.76. The zero-order chi connectivity index (χ0) is 14.8. The van der Waals surface area contributed by atoms with Gasteiger partial charge in [-0.15, -0.1) is 0 Å². The Bertz CT molecular complexity index is 501. The van der Waals surface area contributed by atoms with E-state index in [9.17, 15) is 9.18 Å². The molecule has 20 heavy (non-hydrogen) atoms. The molecule has 1 aliphatic rings. The predicted molar refractivity (Wildman–Crippen MR) is 74.8 cm³/mol. The van der Waals surface area contributed by atoms with Crippen LogP contribution in [0.15, 0.2) is 18.2 Å². The van der Waals surface area contributed by atoms with Gasteiger partial charge in [0.25, 0.3) is 0 Å². The monoisotopic (exact) mass is 280 g/mol. The molecule has 0 aromatic heterocycles. The van der Waals surface area contributed by atoms with Crippen LogP contribution in [0.5, 0.6) is 5.75 Å².